The molecule has 144 valence electrons. The summed E-state index contributed by atoms with van der Waals surface area (Å²) in [6.45, 7) is 2.67. The van der Waals surface area contributed by atoms with E-state index in [1.54, 1.807) is 30.3 Å². The lowest BCUT2D eigenvalue weighted by Gasteiger charge is -2.27. The van der Waals surface area contributed by atoms with Crippen molar-refractivity contribution in [1.29, 1.82) is 0 Å². The topological polar surface area (TPSA) is 95.1 Å². The van der Waals surface area contributed by atoms with Crippen LogP contribution in [-0.4, -0.2) is 31.2 Å². The molecule has 2 aromatic carbocycles. The first-order chi connectivity index (χ1) is 13.6. The van der Waals surface area contributed by atoms with Crippen LogP contribution < -0.4 is 15.1 Å². The van der Waals surface area contributed by atoms with Crippen molar-refractivity contribution in [2.45, 2.75) is 6.61 Å². The normalized spacial score (nSPS) is 14.2. The van der Waals surface area contributed by atoms with Gasteiger partial charge in [-0.15, -0.1) is 0 Å². The molecule has 0 bridgehead atoms. The Balaban J connectivity index is 1.61. The van der Waals surface area contributed by atoms with Crippen LogP contribution in [-0.2, 0) is 11.3 Å². The Kier molecular flexibility index (Phi) is 4.94. The molecule has 0 saturated carbocycles. The van der Waals surface area contributed by atoms with Gasteiger partial charge in [0.15, 0.2) is 22.6 Å². The maximum atomic E-state index is 12.5. The second kappa shape index (κ2) is 7.69. The van der Waals surface area contributed by atoms with Crippen LogP contribution >= 0.6 is 0 Å². The van der Waals surface area contributed by atoms with E-state index < -0.39 is 4.92 Å². The van der Waals surface area contributed by atoms with Crippen molar-refractivity contribution in [2.75, 3.05) is 31.2 Å². The maximum absolute atomic E-state index is 12.5. The van der Waals surface area contributed by atoms with Crippen molar-refractivity contribution in [3.63, 3.8) is 0 Å². The third-order valence-electron chi connectivity index (χ3n) is 4.57. The second-order valence-electron chi connectivity index (χ2n) is 6.39. The summed E-state index contributed by atoms with van der Waals surface area (Å²) >= 11 is 0. The van der Waals surface area contributed by atoms with E-state index in [0.717, 1.165) is 5.56 Å². The summed E-state index contributed by atoms with van der Waals surface area (Å²) in [5.41, 5.74) is 1.05. The van der Waals surface area contributed by atoms with Crippen molar-refractivity contribution >= 4 is 22.5 Å². The SMILES string of the molecule is O=c1cc(N2CCOCC2)oc2c(OCc3ccc([N+](=O)[O-])cc3)cccc12. The molecule has 0 aliphatic carbocycles. The number of nitro benzene ring substituents is 1. The van der Waals surface area contributed by atoms with Crippen LogP contribution in [0.2, 0.25) is 0 Å². The molecule has 0 radical (unpaired) electrons. The Morgan fingerprint density at radius 2 is 1.86 bits per heavy atom. The highest BCUT2D eigenvalue weighted by atomic mass is 16.6. The molecule has 2 heterocycles. The quantitative estimate of drug-likeness (QED) is 0.494. The molecule has 1 aliphatic rings. The van der Waals surface area contributed by atoms with Crippen LogP contribution in [0.25, 0.3) is 11.0 Å². The zero-order valence-electron chi connectivity index (χ0n) is 15.0. The minimum absolute atomic E-state index is 0.0232. The number of rotatable bonds is 5. The molecule has 0 amide bonds. The van der Waals surface area contributed by atoms with E-state index in [4.69, 9.17) is 13.9 Å². The average molecular weight is 382 g/mol. The van der Waals surface area contributed by atoms with E-state index in [0.29, 0.717) is 48.9 Å². The number of hydrogen-bond donors (Lipinski definition) is 0. The Hall–Kier alpha value is -3.39. The zero-order valence-corrected chi connectivity index (χ0v) is 15.0. The number of ether oxygens (including phenoxy) is 2. The van der Waals surface area contributed by atoms with Gasteiger partial charge in [-0.1, -0.05) is 6.07 Å². The van der Waals surface area contributed by atoms with Crippen LogP contribution in [0, 0.1) is 10.1 Å². The first kappa shape index (κ1) is 18.0. The number of benzene rings is 2. The molecular formula is C20H18N2O6. The fraction of sp³-hybridized carbons (Fsp3) is 0.250. The first-order valence-electron chi connectivity index (χ1n) is 8.87. The van der Waals surface area contributed by atoms with E-state index in [1.807, 2.05) is 4.90 Å². The van der Waals surface area contributed by atoms with E-state index in [-0.39, 0.29) is 17.7 Å². The molecule has 8 heteroatoms. The number of nitro groups is 1. The smallest absolute Gasteiger partial charge is 0.269 e. The van der Waals surface area contributed by atoms with Crippen LogP contribution in [0.3, 0.4) is 0 Å². The van der Waals surface area contributed by atoms with Crippen LogP contribution in [0.1, 0.15) is 5.56 Å². The van der Waals surface area contributed by atoms with Crippen molar-refractivity contribution in [1.82, 2.24) is 0 Å². The lowest BCUT2D eigenvalue weighted by atomic mass is 10.2. The fourth-order valence-corrected chi connectivity index (χ4v) is 3.07. The van der Waals surface area contributed by atoms with Gasteiger partial charge in [0.25, 0.3) is 5.69 Å². The van der Waals surface area contributed by atoms with Crippen molar-refractivity contribution < 1.29 is 18.8 Å². The van der Waals surface area contributed by atoms with E-state index in [9.17, 15) is 14.9 Å². The number of nitrogens with zero attached hydrogens (tertiary/aromatic N) is 2. The average Bonchev–Trinajstić information content (AvgIpc) is 2.73. The van der Waals surface area contributed by atoms with Gasteiger partial charge in [-0.25, -0.2) is 0 Å². The van der Waals surface area contributed by atoms with E-state index >= 15 is 0 Å². The van der Waals surface area contributed by atoms with Crippen LogP contribution in [0.4, 0.5) is 11.6 Å². The van der Waals surface area contributed by atoms with Gasteiger partial charge in [0, 0.05) is 31.3 Å². The Morgan fingerprint density at radius 1 is 1.11 bits per heavy atom. The van der Waals surface area contributed by atoms with Crippen LogP contribution in [0.15, 0.2) is 57.7 Å². The second-order valence-corrected chi connectivity index (χ2v) is 6.39. The number of morpholine rings is 1. The molecule has 1 aliphatic heterocycles. The monoisotopic (exact) mass is 382 g/mol. The summed E-state index contributed by atoms with van der Waals surface area (Å²) in [7, 11) is 0. The maximum Gasteiger partial charge on any atom is 0.269 e. The summed E-state index contributed by atoms with van der Waals surface area (Å²) in [4.78, 5) is 24.8. The molecule has 1 aromatic heterocycles. The molecule has 1 saturated heterocycles. The molecule has 4 rings (SSSR count). The highest BCUT2D eigenvalue weighted by Crippen LogP contribution is 2.28. The van der Waals surface area contributed by atoms with Gasteiger partial charge in [-0.2, -0.15) is 0 Å². The number of fused-ring (bicyclic) bond motifs is 1. The predicted molar refractivity (Wildman–Crippen MR) is 103 cm³/mol. The zero-order chi connectivity index (χ0) is 19.5. The summed E-state index contributed by atoms with van der Waals surface area (Å²) in [6.07, 6.45) is 0. The lowest BCUT2D eigenvalue weighted by molar-refractivity contribution is -0.384. The standard InChI is InChI=1S/C20H18N2O6/c23-17-12-19(21-8-10-26-11-9-21)28-20-16(17)2-1-3-18(20)27-13-14-4-6-15(7-5-14)22(24)25/h1-7,12H,8-11,13H2. The summed E-state index contributed by atoms with van der Waals surface area (Å²) in [5, 5.41) is 11.2. The predicted octanol–water partition coefficient (Wildman–Crippen LogP) is 3.12. The van der Waals surface area contributed by atoms with Gasteiger partial charge < -0.3 is 18.8 Å². The molecule has 0 atom stereocenters. The number of anilines is 1. The summed E-state index contributed by atoms with van der Waals surface area (Å²) in [5.74, 6) is 0.940. The molecular weight excluding hydrogens is 364 g/mol. The van der Waals surface area contributed by atoms with Gasteiger partial charge in [0.05, 0.1) is 23.5 Å². The van der Waals surface area contributed by atoms with E-state index in [2.05, 4.69) is 0 Å². The Bertz CT molecular complexity index is 1050. The molecule has 3 aromatic rings. The number of para-hydroxylation sites is 1. The minimum atomic E-state index is -0.447. The summed E-state index contributed by atoms with van der Waals surface area (Å²) < 4.78 is 17.2. The minimum Gasteiger partial charge on any atom is -0.485 e. The molecule has 0 spiro atoms. The first-order valence-corrected chi connectivity index (χ1v) is 8.87. The Labute approximate surface area is 160 Å². The lowest BCUT2D eigenvalue weighted by Crippen LogP contribution is -2.36. The van der Waals surface area contributed by atoms with Gasteiger partial charge >= 0.3 is 0 Å². The molecule has 0 unspecified atom stereocenters. The summed E-state index contributed by atoms with van der Waals surface area (Å²) in [6, 6.07) is 12.8. The highest BCUT2D eigenvalue weighted by Gasteiger charge is 2.17. The largest absolute Gasteiger partial charge is 0.485 e. The van der Waals surface area contributed by atoms with Crippen LogP contribution in [0.5, 0.6) is 5.75 Å². The molecule has 0 N–H and O–H groups in total. The van der Waals surface area contributed by atoms with E-state index in [1.165, 1.54) is 18.2 Å². The van der Waals surface area contributed by atoms with Crippen molar-refractivity contribution in [3.05, 3.63) is 74.4 Å². The fourth-order valence-electron chi connectivity index (χ4n) is 3.07. The molecule has 1 fully saturated rings. The van der Waals surface area contributed by atoms with Crippen molar-refractivity contribution in [3.8, 4) is 5.75 Å². The van der Waals surface area contributed by atoms with Crippen molar-refractivity contribution in [2.24, 2.45) is 0 Å². The number of hydrogen-bond acceptors (Lipinski definition) is 7. The Morgan fingerprint density at radius 3 is 2.57 bits per heavy atom. The highest BCUT2D eigenvalue weighted by molar-refractivity contribution is 5.83. The van der Waals surface area contributed by atoms with Gasteiger partial charge in [-0.05, 0) is 29.8 Å². The van der Waals surface area contributed by atoms with Gasteiger partial charge in [0.2, 0.25) is 0 Å². The van der Waals surface area contributed by atoms with Gasteiger partial charge in [-0.3, -0.25) is 14.9 Å². The third-order valence-corrected chi connectivity index (χ3v) is 4.57. The molecule has 8 nitrogen and oxygen atoms in total. The van der Waals surface area contributed by atoms with Gasteiger partial charge in [0.1, 0.15) is 6.61 Å². The number of non-ortho nitro benzene ring substituents is 1. The molecule has 28 heavy (non-hydrogen) atoms. The third kappa shape index (κ3) is 3.67.